The maximum Gasteiger partial charge on any atom is 0.219 e. The van der Waals surface area contributed by atoms with Gasteiger partial charge in [-0.25, -0.2) is 0 Å². The summed E-state index contributed by atoms with van der Waals surface area (Å²) >= 11 is 0. The fourth-order valence-electron chi connectivity index (χ4n) is 4.41. The number of amides is 1. The number of rotatable bonds is 1. The number of fused-ring (bicyclic) bond motifs is 3. The van der Waals surface area contributed by atoms with E-state index in [1.165, 1.54) is 51.7 Å². The second-order valence-corrected chi connectivity index (χ2v) is 7.08. The third-order valence-electron chi connectivity index (χ3n) is 5.68. The van der Waals surface area contributed by atoms with Crippen molar-refractivity contribution in [3.63, 3.8) is 0 Å². The summed E-state index contributed by atoms with van der Waals surface area (Å²) in [7, 11) is 2.31. The van der Waals surface area contributed by atoms with Crippen molar-refractivity contribution in [2.24, 2.45) is 5.92 Å². The Balaban J connectivity index is 1.62. The highest BCUT2D eigenvalue weighted by Crippen LogP contribution is 2.29. The van der Waals surface area contributed by atoms with Crippen LogP contribution in [-0.2, 0) is 4.79 Å². The van der Waals surface area contributed by atoms with Crippen molar-refractivity contribution >= 4 is 5.91 Å². The third kappa shape index (κ3) is 3.01. The van der Waals surface area contributed by atoms with Crippen LogP contribution in [0.15, 0.2) is 0 Å². The minimum absolute atomic E-state index is 0.246. The maximum absolute atomic E-state index is 11.4. The molecule has 0 unspecified atom stereocenters. The normalized spacial score (nSPS) is 34.0. The maximum atomic E-state index is 11.4. The van der Waals surface area contributed by atoms with Gasteiger partial charge in [0.2, 0.25) is 5.91 Å². The molecule has 3 aliphatic heterocycles. The van der Waals surface area contributed by atoms with Crippen LogP contribution in [-0.4, -0.2) is 72.5 Å². The third-order valence-corrected chi connectivity index (χ3v) is 5.68. The molecule has 3 heterocycles. The molecule has 3 fully saturated rings. The molecule has 0 radical (unpaired) electrons. The first-order valence-electron chi connectivity index (χ1n) is 8.33. The van der Waals surface area contributed by atoms with E-state index in [-0.39, 0.29) is 5.91 Å². The number of nitrogens with zero attached hydrogens (tertiary/aromatic N) is 3. The first-order valence-corrected chi connectivity index (χ1v) is 8.33. The fourth-order valence-corrected chi connectivity index (χ4v) is 4.41. The van der Waals surface area contributed by atoms with Gasteiger partial charge in [-0.15, -0.1) is 0 Å². The molecule has 1 amide bonds. The molecule has 2 bridgehead atoms. The Bertz CT molecular complexity index is 352. The molecular weight excluding hydrogens is 250 g/mol. The van der Waals surface area contributed by atoms with Gasteiger partial charge in [0.1, 0.15) is 0 Å². The summed E-state index contributed by atoms with van der Waals surface area (Å²) in [6.07, 6.45) is 6.53. The summed E-state index contributed by atoms with van der Waals surface area (Å²) in [5.41, 5.74) is 0. The van der Waals surface area contributed by atoms with E-state index in [9.17, 15) is 4.79 Å². The van der Waals surface area contributed by atoms with E-state index in [2.05, 4.69) is 16.8 Å². The molecule has 0 saturated carbocycles. The molecule has 3 aliphatic rings. The molecule has 20 heavy (non-hydrogen) atoms. The largest absolute Gasteiger partial charge is 0.343 e. The summed E-state index contributed by atoms with van der Waals surface area (Å²) in [5, 5.41) is 0. The minimum atomic E-state index is 0.246. The molecule has 3 saturated heterocycles. The fraction of sp³-hybridized carbons (Fsp3) is 0.938. The Morgan fingerprint density at radius 2 is 1.70 bits per heavy atom. The average molecular weight is 279 g/mol. The van der Waals surface area contributed by atoms with Gasteiger partial charge in [-0.3, -0.25) is 9.69 Å². The van der Waals surface area contributed by atoms with Crippen LogP contribution in [0, 0.1) is 5.92 Å². The van der Waals surface area contributed by atoms with Gasteiger partial charge in [0.15, 0.2) is 0 Å². The molecular formula is C16H29N3O. The molecule has 0 aliphatic carbocycles. The minimum Gasteiger partial charge on any atom is -0.343 e. The van der Waals surface area contributed by atoms with Crippen molar-refractivity contribution in [1.82, 2.24) is 14.7 Å². The number of hydrogen-bond acceptors (Lipinski definition) is 3. The molecule has 0 aromatic rings. The Hall–Kier alpha value is -0.610. The predicted octanol–water partition coefficient (Wildman–Crippen LogP) is 1.41. The number of hydrogen-bond donors (Lipinski definition) is 0. The van der Waals surface area contributed by atoms with Gasteiger partial charge in [0.25, 0.3) is 0 Å². The summed E-state index contributed by atoms with van der Waals surface area (Å²) in [4.78, 5) is 18.8. The number of likely N-dealkylation sites (tertiary alicyclic amines) is 2. The van der Waals surface area contributed by atoms with E-state index in [4.69, 9.17) is 0 Å². The van der Waals surface area contributed by atoms with Crippen LogP contribution in [0.1, 0.15) is 39.0 Å². The van der Waals surface area contributed by atoms with Crippen LogP contribution in [0.4, 0.5) is 0 Å². The smallest absolute Gasteiger partial charge is 0.219 e. The first-order chi connectivity index (χ1) is 9.63. The second kappa shape index (κ2) is 6.02. The molecule has 2 atom stereocenters. The van der Waals surface area contributed by atoms with Crippen molar-refractivity contribution in [3.05, 3.63) is 0 Å². The van der Waals surface area contributed by atoms with Crippen LogP contribution < -0.4 is 0 Å². The van der Waals surface area contributed by atoms with Gasteiger partial charge >= 0.3 is 0 Å². The van der Waals surface area contributed by atoms with Crippen molar-refractivity contribution in [2.45, 2.75) is 51.1 Å². The highest BCUT2D eigenvalue weighted by atomic mass is 16.2. The summed E-state index contributed by atoms with van der Waals surface area (Å²) in [6.45, 7) is 7.44. The SMILES string of the molecule is CC(=O)N1CCC(N2C[C@H]3CCC[C@@H](C2)N(C)C3)CC1. The van der Waals surface area contributed by atoms with Gasteiger partial charge in [0.05, 0.1) is 0 Å². The van der Waals surface area contributed by atoms with Crippen molar-refractivity contribution in [3.8, 4) is 0 Å². The highest BCUT2D eigenvalue weighted by molar-refractivity contribution is 5.73. The Kier molecular flexibility index (Phi) is 4.32. The Morgan fingerprint density at radius 1 is 0.950 bits per heavy atom. The van der Waals surface area contributed by atoms with Crippen LogP contribution in [0.5, 0.6) is 0 Å². The lowest BCUT2D eigenvalue weighted by Crippen LogP contribution is -2.49. The zero-order valence-electron chi connectivity index (χ0n) is 13.1. The van der Waals surface area contributed by atoms with E-state index in [0.717, 1.165) is 25.0 Å². The molecule has 4 nitrogen and oxygen atoms in total. The Labute approximate surface area is 123 Å². The monoisotopic (exact) mass is 279 g/mol. The molecule has 4 heteroatoms. The van der Waals surface area contributed by atoms with Crippen molar-refractivity contribution in [1.29, 1.82) is 0 Å². The number of piperidine rings is 1. The standard InChI is InChI=1S/C16H29N3O/c1-13(20)18-8-6-15(7-9-18)19-11-14-4-3-5-16(12-19)17(2)10-14/h14-16H,3-12H2,1-2H3/t14-,16-/m0/s1. The number of carbonyl (C=O) groups is 1. The lowest BCUT2D eigenvalue weighted by Gasteiger charge is -2.40. The molecule has 3 rings (SSSR count). The van der Waals surface area contributed by atoms with E-state index < -0.39 is 0 Å². The lowest BCUT2D eigenvalue weighted by atomic mass is 9.96. The van der Waals surface area contributed by atoms with Crippen molar-refractivity contribution < 1.29 is 4.79 Å². The van der Waals surface area contributed by atoms with E-state index >= 15 is 0 Å². The first kappa shape index (κ1) is 14.3. The summed E-state index contributed by atoms with van der Waals surface area (Å²) in [6, 6.07) is 1.47. The summed E-state index contributed by atoms with van der Waals surface area (Å²) in [5.74, 6) is 1.11. The quantitative estimate of drug-likeness (QED) is 0.726. The number of carbonyl (C=O) groups excluding carboxylic acids is 1. The van der Waals surface area contributed by atoms with E-state index in [1.807, 2.05) is 4.90 Å². The van der Waals surface area contributed by atoms with Gasteiger partial charge in [-0.2, -0.15) is 0 Å². The van der Waals surface area contributed by atoms with Gasteiger partial charge in [-0.1, -0.05) is 6.42 Å². The van der Waals surface area contributed by atoms with Crippen LogP contribution in [0.3, 0.4) is 0 Å². The zero-order chi connectivity index (χ0) is 14.1. The average Bonchev–Trinajstić information content (AvgIpc) is 2.67. The van der Waals surface area contributed by atoms with Gasteiger partial charge < -0.3 is 9.80 Å². The van der Waals surface area contributed by atoms with Gasteiger partial charge in [-0.05, 0) is 38.6 Å². The van der Waals surface area contributed by atoms with E-state index in [1.54, 1.807) is 6.92 Å². The second-order valence-electron chi connectivity index (χ2n) is 7.08. The predicted molar refractivity (Wildman–Crippen MR) is 80.6 cm³/mol. The van der Waals surface area contributed by atoms with Crippen LogP contribution in [0.2, 0.25) is 0 Å². The number of likely N-dealkylation sites (N-methyl/N-ethyl adjacent to an activating group) is 1. The molecule has 0 N–H and O–H groups in total. The molecule has 114 valence electrons. The lowest BCUT2D eigenvalue weighted by molar-refractivity contribution is -0.130. The summed E-state index contributed by atoms with van der Waals surface area (Å²) < 4.78 is 0. The van der Waals surface area contributed by atoms with Crippen molar-refractivity contribution in [2.75, 3.05) is 39.8 Å². The van der Waals surface area contributed by atoms with Crippen LogP contribution in [0.25, 0.3) is 0 Å². The topological polar surface area (TPSA) is 26.8 Å². The molecule has 0 spiro atoms. The molecule has 0 aromatic carbocycles. The Morgan fingerprint density at radius 3 is 2.40 bits per heavy atom. The van der Waals surface area contributed by atoms with Gasteiger partial charge in [0, 0.05) is 51.7 Å². The zero-order valence-corrected chi connectivity index (χ0v) is 13.1. The highest BCUT2D eigenvalue weighted by Gasteiger charge is 2.34. The van der Waals surface area contributed by atoms with E-state index in [0.29, 0.717) is 6.04 Å². The molecule has 0 aromatic heterocycles. The van der Waals surface area contributed by atoms with Crippen LogP contribution >= 0.6 is 0 Å².